The Kier molecular flexibility index (Phi) is 10.6. The number of benzene rings is 2. The van der Waals surface area contributed by atoms with Gasteiger partial charge in [-0.15, -0.1) is 0 Å². The van der Waals surface area contributed by atoms with Crippen molar-refractivity contribution < 1.29 is 9.59 Å². The van der Waals surface area contributed by atoms with Gasteiger partial charge >= 0.3 is 0 Å². The molecule has 6 nitrogen and oxygen atoms in total. The number of para-hydroxylation sites is 1. The van der Waals surface area contributed by atoms with Crippen LogP contribution < -0.4 is 5.32 Å². The van der Waals surface area contributed by atoms with E-state index in [0.29, 0.717) is 28.6 Å². The van der Waals surface area contributed by atoms with Crippen LogP contribution in [0.2, 0.25) is 5.02 Å². The summed E-state index contributed by atoms with van der Waals surface area (Å²) in [7, 11) is 0. The molecule has 1 aromatic heterocycles. The molecule has 0 aliphatic heterocycles. The SMILES string of the molecule is CCCCCCCCC(=O)N(CC(=O)Nc1cc(-c2ccccc2)nn1-c1ccccc1Cl)C(C)C. The lowest BCUT2D eigenvalue weighted by molar-refractivity contribution is -0.136. The Morgan fingerprint density at radius 1 is 0.972 bits per heavy atom. The number of unbranched alkanes of at least 4 members (excludes halogenated alkanes) is 5. The highest BCUT2D eigenvalue weighted by molar-refractivity contribution is 6.32. The first kappa shape index (κ1) is 27.5. The molecule has 192 valence electrons. The molecule has 2 amide bonds. The molecule has 3 rings (SSSR count). The van der Waals surface area contributed by atoms with Gasteiger partial charge in [0.05, 0.1) is 16.4 Å². The summed E-state index contributed by atoms with van der Waals surface area (Å²) < 4.78 is 1.64. The highest BCUT2D eigenvalue weighted by atomic mass is 35.5. The third-order valence-electron chi connectivity index (χ3n) is 6.13. The first-order chi connectivity index (χ1) is 17.4. The molecule has 0 aliphatic rings. The van der Waals surface area contributed by atoms with Crippen molar-refractivity contribution >= 4 is 29.2 Å². The fraction of sp³-hybridized carbons (Fsp3) is 0.414. The van der Waals surface area contributed by atoms with Crippen LogP contribution in [0.5, 0.6) is 0 Å². The molecule has 0 bridgehead atoms. The minimum Gasteiger partial charge on any atom is -0.331 e. The Balaban J connectivity index is 1.73. The van der Waals surface area contributed by atoms with E-state index in [1.165, 1.54) is 19.3 Å². The van der Waals surface area contributed by atoms with Crippen LogP contribution in [0.15, 0.2) is 60.7 Å². The molecule has 0 saturated heterocycles. The van der Waals surface area contributed by atoms with E-state index in [2.05, 4.69) is 12.2 Å². The quantitative estimate of drug-likeness (QED) is 0.250. The normalized spacial score (nSPS) is 11.0. The van der Waals surface area contributed by atoms with Crippen molar-refractivity contribution in [3.05, 3.63) is 65.7 Å². The van der Waals surface area contributed by atoms with Crippen LogP contribution >= 0.6 is 11.6 Å². The zero-order valence-corrected chi connectivity index (χ0v) is 22.3. The minimum atomic E-state index is -0.271. The molecule has 0 unspecified atom stereocenters. The molecule has 3 aromatic rings. The van der Waals surface area contributed by atoms with Crippen molar-refractivity contribution in [2.24, 2.45) is 0 Å². The highest BCUT2D eigenvalue weighted by Gasteiger charge is 2.22. The number of nitrogens with zero attached hydrogens (tertiary/aromatic N) is 3. The predicted molar refractivity (Wildman–Crippen MR) is 147 cm³/mol. The first-order valence-corrected chi connectivity index (χ1v) is 13.3. The van der Waals surface area contributed by atoms with E-state index in [1.54, 1.807) is 15.6 Å². The lowest BCUT2D eigenvalue weighted by atomic mass is 10.1. The number of aromatic nitrogens is 2. The fourth-order valence-corrected chi connectivity index (χ4v) is 4.34. The molecule has 0 fully saturated rings. The number of carbonyl (C=O) groups is 2. The summed E-state index contributed by atoms with van der Waals surface area (Å²) in [6.45, 7) is 6.06. The summed E-state index contributed by atoms with van der Waals surface area (Å²) in [6, 6.07) is 18.9. The van der Waals surface area contributed by atoms with Gasteiger partial charge in [-0.3, -0.25) is 9.59 Å². The number of nitrogens with one attached hydrogen (secondary N) is 1. The Hall–Kier alpha value is -3.12. The van der Waals surface area contributed by atoms with Gasteiger partial charge in [0.25, 0.3) is 0 Å². The molecule has 2 aromatic carbocycles. The van der Waals surface area contributed by atoms with E-state index in [1.807, 2.05) is 68.4 Å². The Bertz CT molecular complexity index is 1130. The molecule has 0 spiro atoms. The number of hydrogen-bond donors (Lipinski definition) is 1. The van der Waals surface area contributed by atoms with Gasteiger partial charge in [0.1, 0.15) is 12.4 Å². The summed E-state index contributed by atoms with van der Waals surface area (Å²) in [6.07, 6.45) is 7.17. The zero-order chi connectivity index (χ0) is 25.9. The maximum Gasteiger partial charge on any atom is 0.245 e. The maximum atomic E-state index is 13.1. The molecule has 36 heavy (non-hydrogen) atoms. The van der Waals surface area contributed by atoms with Gasteiger partial charge in [-0.2, -0.15) is 5.10 Å². The molecule has 1 N–H and O–H groups in total. The summed E-state index contributed by atoms with van der Waals surface area (Å²) in [5.41, 5.74) is 2.30. The van der Waals surface area contributed by atoms with E-state index in [4.69, 9.17) is 16.7 Å². The number of hydrogen-bond acceptors (Lipinski definition) is 3. The Morgan fingerprint density at radius 2 is 1.64 bits per heavy atom. The number of rotatable bonds is 13. The molecule has 0 saturated carbocycles. The Labute approximate surface area is 219 Å². The maximum absolute atomic E-state index is 13.1. The zero-order valence-electron chi connectivity index (χ0n) is 21.5. The van der Waals surface area contributed by atoms with Gasteiger partial charge in [-0.1, -0.05) is 93.1 Å². The second-order valence-electron chi connectivity index (χ2n) is 9.33. The number of anilines is 1. The van der Waals surface area contributed by atoms with Crippen molar-refractivity contribution in [1.29, 1.82) is 0 Å². The molecule has 0 aliphatic carbocycles. The first-order valence-electron chi connectivity index (χ1n) is 12.9. The van der Waals surface area contributed by atoms with Crippen LogP contribution in [-0.4, -0.2) is 39.1 Å². The topological polar surface area (TPSA) is 67.2 Å². The van der Waals surface area contributed by atoms with E-state index in [0.717, 1.165) is 24.8 Å². The van der Waals surface area contributed by atoms with E-state index in [9.17, 15) is 9.59 Å². The summed E-state index contributed by atoms with van der Waals surface area (Å²) in [5, 5.41) is 8.21. The molecule has 1 heterocycles. The smallest absolute Gasteiger partial charge is 0.245 e. The van der Waals surface area contributed by atoms with Crippen molar-refractivity contribution in [3.8, 4) is 16.9 Å². The summed E-state index contributed by atoms with van der Waals surface area (Å²) >= 11 is 6.45. The standard InChI is InChI=1S/C29H37ClN4O2/c1-4-5-6-7-8-12-19-29(36)33(22(2)3)21-28(35)31-27-20-25(23-15-10-9-11-16-23)32-34(27)26-18-14-13-17-24(26)30/h9-11,13-18,20,22H,4-8,12,19,21H2,1-3H3,(H,31,35). The fourth-order valence-electron chi connectivity index (χ4n) is 4.12. The van der Waals surface area contributed by atoms with Gasteiger partial charge in [-0.25, -0.2) is 4.68 Å². The molecule has 7 heteroatoms. The van der Waals surface area contributed by atoms with Crippen molar-refractivity contribution in [3.63, 3.8) is 0 Å². The van der Waals surface area contributed by atoms with Crippen LogP contribution in [0.4, 0.5) is 5.82 Å². The third-order valence-corrected chi connectivity index (χ3v) is 6.45. The van der Waals surface area contributed by atoms with Gasteiger partial charge in [0.15, 0.2) is 0 Å². The number of amides is 2. The molecule has 0 radical (unpaired) electrons. The predicted octanol–water partition coefficient (Wildman–Crippen LogP) is 7.12. The van der Waals surface area contributed by atoms with Gasteiger partial charge < -0.3 is 10.2 Å². The van der Waals surface area contributed by atoms with Crippen LogP contribution in [0.3, 0.4) is 0 Å². The van der Waals surface area contributed by atoms with Gasteiger partial charge in [-0.05, 0) is 32.4 Å². The van der Waals surface area contributed by atoms with Crippen molar-refractivity contribution in [2.45, 2.75) is 71.8 Å². The van der Waals surface area contributed by atoms with E-state index >= 15 is 0 Å². The minimum absolute atomic E-state index is 0.0132. The van der Waals surface area contributed by atoms with Crippen molar-refractivity contribution in [1.82, 2.24) is 14.7 Å². The van der Waals surface area contributed by atoms with Gasteiger partial charge in [0.2, 0.25) is 11.8 Å². The second kappa shape index (κ2) is 13.8. The molecular formula is C29H37ClN4O2. The van der Waals surface area contributed by atoms with E-state index < -0.39 is 0 Å². The molecule has 0 atom stereocenters. The molecular weight excluding hydrogens is 472 g/mol. The van der Waals surface area contributed by atoms with E-state index in [-0.39, 0.29) is 24.4 Å². The average Bonchev–Trinajstić information content (AvgIpc) is 3.28. The summed E-state index contributed by atoms with van der Waals surface area (Å²) in [4.78, 5) is 27.7. The van der Waals surface area contributed by atoms with Gasteiger partial charge in [0, 0.05) is 24.1 Å². The lowest BCUT2D eigenvalue weighted by Gasteiger charge is -2.26. The van der Waals surface area contributed by atoms with Crippen molar-refractivity contribution in [2.75, 3.05) is 11.9 Å². The number of carbonyl (C=O) groups excluding carboxylic acids is 2. The third kappa shape index (κ3) is 7.69. The van der Waals surface area contributed by atoms with Crippen LogP contribution in [0.25, 0.3) is 16.9 Å². The second-order valence-corrected chi connectivity index (χ2v) is 9.73. The van der Waals surface area contributed by atoms with Crippen LogP contribution in [-0.2, 0) is 9.59 Å². The average molecular weight is 509 g/mol. The van der Waals surface area contributed by atoms with Crippen LogP contribution in [0, 0.1) is 0 Å². The number of halogens is 1. The lowest BCUT2D eigenvalue weighted by Crippen LogP contribution is -2.42. The summed E-state index contributed by atoms with van der Waals surface area (Å²) in [5.74, 6) is 0.243. The monoisotopic (exact) mass is 508 g/mol. The largest absolute Gasteiger partial charge is 0.331 e. The Morgan fingerprint density at radius 3 is 2.33 bits per heavy atom. The van der Waals surface area contributed by atoms with Crippen LogP contribution in [0.1, 0.15) is 65.7 Å². The highest BCUT2D eigenvalue weighted by Crippen LogP contribution is 2.28.